The molecular formula is C28H28FN5O2S. The van der Waals surface area contributed by atoms with Crippen molar-refractivity contribution in [2.45, 2.75) is 24.9 Å². The molecule has 2 aliphatic heterocycles. The predicted octanol–water partition coefficient (Wildman–Crippen LogP) is 3.69. The quantitative estimate of drug-likeness (QED) is 0.424. The molecule has 0 spiro atoms. The maximum atomic E-state index is 13.3. The van der Waals surface area contributed by atoms with Crippen LogP contribution in [-0.2, 0) is 13.5 Å². The normalized spacial score (nSPS) is 17.9. The van der Waals surface area contributed by atoms with Crippen LogP contribution < -0.4 is 5.32 Å². The van der Waals surface area contributed by atoms with E-state index in [1.165, 1.54) is 23.5 Å². The van der Waals surface area contributed by atoms with Gasteiger partial charge >= 0.3 is 0 Å². The van der Waals surface area contributed by atoms with Crippen LogP contribution in [0.2, 0.25) is 0 Å². The fourth-order valence-corrected chi connectivity index (χ4v) is 5.98. The minimum Gasteiger partial charge on any atom is -0.350 e. The van der Waals surface area contributed by atoms with Gasteiger partial charge in [0, 0.05) is 79.6 Å². The third-order valence-corrected chi connectivity index (χ3v) is 8.12. The molecule has 2 fully saturated rings. The number of fused-ring (bicyclic) bond motifs is 1. The molecule has 2 aliphatic rings. The molecule has 2 aromatic carbocycles. The molecule has 2 aromatic heterocycles. The fourth-order valence-electron chi connectivity index (χ4n) is 5.37. The Bertz CT molecular complexity index is 1440. The first-order valence-electron chi connectivity index (χ1n) is 12.5. The lowest BCUT2D eigenvalue weighted by atomic mass is 10.0. The second-order valence-corrected chi connectivity index (χ2v) is 10.8. The number of nitrogens with zero attached hydrogens (tertiary/aromatic N) is 4. The summed E-state index contributed by atoms with van der Waals surface area (Å²) in [5.74, 6) is -0.199. The molecule has 7 nitrogen and oxygen atoms in total. The molecule has 4 heterocycles. The van der Waals surface area contributed by atoms with Crippen LogP contribution in [0.5, 0.6) is 0 Å². The molecule has 1 atom stereocenters. The molecule has 0 bridgehead atoms. The zero-order valence-corrected chi connectivity index (χ0v) is 21.4. The molecule has 4 aromatic rings. The van der Waals surface area contributed by atoms with Gasteiger partial charge in [-0.2, -0.15) is 0 Å². The summed E-state index contributed by atoms with van der Waals surface area (Å²) < 4.78 is 15.3. The topological polar surface area (TPSA) is 70.5 Å². The Balaban J connectivity index is 1.05. The van der Waals surface area contributed by atoms with Crippen LogP contribution >= 0.6 is 11.3 Å². The van der Waals surface area contributed by atoms with Crippen molar-refractivity contribution < 1.29 is 14.0 Å². The van der Waals surface area contributed by atoms with Crippen LogP contribution in [-0.4, -0.2) is 69.4 Å². The molecular weight excluding hydrogens is 489 g/mol. The average Bonchev–Trinajstić information content (AvgIpc) is 3.63. The minimum absolute atomic E-state index is 0.00149. The molecule has 1 N–H and O–H groups in total. The maximum Gasteiger partial charge on any atom is 0.282 e. The van der Waals surface area contributed by atoms with Crippen molar-refractivity contribution >= 4 is 34.1 Å². The largest absolute Gasteiger partial charge is 0.350 e. The molecule has 9 heteroatoms. The van der Waals surface area contributed by atoms with Gasteiger partial charge in [0.1, 0.15) is 5.82 Å². The first-order chi connectivity index (χ1) is 17.9. The van der Waals surface area contributed by atoms with Gasteiger partial charge in [0.2, 0.25) is 0 Å². The van der Waals surface area contributed by atoms with E-state index in [-0.39, 0.29) is 29.7 Å². The minimum atomic E-state index is -0.236. The number of rotatable bonds is 6. The van der Waals surface area contributed by atoms with E-state index in [9.17, 15) is 14.0 Å². The number of halogens is 1. The smallest absolute Gasteiger partial charge is 0.282 e. The van der Waals surface area contributed by atoms with Crippen molar-refractivity contribution in [3.05, 3.63) is 87.8 Å². The number of hydrogen-bond acceptors (Lipinski definition) is 5. The van der Waals surface area contributed by atoms with E-state index >= 15 is 0 Å². The van der Waals surface area contributed by atoms with Crippen molar-refractivity contribution in [1.82, 2.24) is 24.7 Å². The van der Waals surface area contributed by atoms with Gasteiger partial charge in [0.15, 0.2) is 5.01 Å². The lowest BCUT2D eigenvalue weighted by molar-refractivity contribution is 0.0553. The highest BCUT2D eigenvalue weighted by Crippen LogP contribution is 2.26. The molecule has 190 valence electrons. The molecule has 0 aliphatic carbocycles. The summed E-state index contributed by atoms with van der Waals surface area (Å²) in [6.07, 6.45) is 5.35. The molecule has 37 heavy (non-hydrogen) atoms. The Labute approximate surface area is 218 Å². The summed E-state index contributed by atoms with van der Waals surface area (Å²) >= 11 is 1.37. The lowest BCUT2D eigenvalue weighted by Crippen LogP contribution is -2.62. The van der Waals surface area contributed by atoms with Gasteiger partial charge in [-0.25, -0.2) is 9.37 Å². The van der Waals surface area contributed by atoms with Crippen molar-refractivity contribution in [3.63, 3.8) is 0 Å². The number of amides is 2. The second-order valence-electron chi connectivity index (χ2n) is 9.95. The number of carbonyl (C=O) groups is 2. The highest BCUT2D eigenvalue weighted by atomic mass is 32.1. The van der Waals surface area contributed by atoms with Crippen LogP contribution in [0.1, 0.15) is 37.7 Å². The molecule has 0 saturated carbocycles. The van der Waals surface area contributed by atoms with E-state index in [0.29, 0.717) is 36.6 Å². The standard InChI is InChI=1S/C28H28FN5O2S/c1-32-14-20(12-18-2-5-21(29)6-3-18)24-7-4-19(13-25(24)32)27(35)34-16-23(17-34)31-22-8-10-33(15-22)28(36)26-30-9-11-37-26/h2-7,9,11,13-14,22-23,31H,8,10,12,15-17H2,1H3. The number of likely N-dealkylation sites (tertiary alicyclic amines) is 2. The summed E-state index contributed by atoms with van der Waals surface area (Å²) in [7, 11) is 1.98. The van der Waals surface area contributed by atoms with E-state index in [1.54, 1.807) is 6.20 Å². The Morgan fingerprint density at radius 2 is 1.84 bits per heavy atom. The summed E-state index contributed by atoms with van der Waals surface area (Å²) in [4.78, 5) is 33.5. The van der Waals surface area contributed by atoms with E-state index in [1.807, 2.05) is 57.1 Å². The van der Waals surface area contributed by atoms with Gasteiger partial charge in [-0.15, -0.1) is 11.3 Å². The zero-order valence-electron chi connectivity index (χ0n) is 20.6. The Kier molecular flexibility index (Phi) is 6.26. The van der Waals surface area contributed by atoms with Crippen LogP contribution in [0.4, 0.5) is 4.39 Å². The SMILES string of the molecule is Cn1cc(Cc2ccc(F)cc2)c2ccc(C(=O)N3CC(NC4CCN(C(=O)c5nccs5)C4)C3)cc21. The third-order valence-electron chi connectivity index (χ3n) is 7.36. The number of nitrogens with one attached hydrogen (secondary N) is 1. The first kappa shape index (κ1) is 23.8. The lowest BCUT2D eigenvalue weighted by Gasteiger charge is -2.41. The second kappa shape index (κ2) is 9.72. The van der Waals surface area contributed by atoms with Gasteiger partial charge in [-0.1, -0.05) is 18.2 Å². The van der Waals surface area contributed by atoms with Crippen LogP contribution in [0.15, 0.2) is 60.2 Å². The van der Waals surface area contributed by atoms with Crippen molar-refractivity contribution in [1.29, 1.82) is 0 Å². The Morgan fingerprint density at radius 3 is 2.59 bits per heavy atom. The fraction of sp³-hybridized carbons (Fsp3) is 0.321. The molecule has 2 amide bonds. The Hall–Kier alpha value is -3.56. The number of carbonyl (C=O) groups excluding carboxylic acids is 2. The Morgan fingerprint density at radius 1 is 1.05 bits per heavy atom. The van der Waals surface area contributed by atoms with Crippen LogP contribution in [0.25, 0.3) is 10.9 Å². The van der Waals surface area contributed by atoms with Crippen molar-refractivity contribution in [2.75, 3.05) is 26.2 Å². The van der Waals surface area contributed by atoms with E-state index in [4.69, 9.17) is 0 Å². The summed E-state index contributed by atoms with van der Waals surface area (Å²) in [5.41, 5.74) is 3.89. The third kappa shape index (κ3) is 4.76. The molecule has 6 rings (SSSR count). The van der Waals surface area contributed by atoms with Crippen LogP contribution in [0.3, 0.4) is 0 Å². The van der Waals surface area contributed by atoms with Crippen LogP contribution in [0, 0.1) is 5.82 Å². The van der Waals surface area contributed by atoms with E-state index in [0.717, 1.165) is 35.0 Å². The summed E-state index contributed by atoms with van der Waals surface area (Å²) in [6.45, 7) is 2.73. The average molecular weight is 518 g/mol. The summed E-state index contributed by atoms with van der Waals surface area (Å²) in [6, 6.07) is 12.9. The predicted molar refractivity (Wildman–Crippen MR) is 141 cm³/mol. The maximum absolute atomic E-state index is 13.3. The molecule has 1 unspecified atom stereocenters. The highest BCUT2D eigenvalue weighted by Gasteiger charge is 2.35. The van der Waals surface area contributed by atoms with Gasteiger partial charge in [0.25, 0.3) is 11.8 Å². The number of aryl methyl sites for hydroxylation is 1. The number of thiazole rings is 1. The number of hydrogen-bond donors (Lipinski definition) is 1. The monoisotopic (exact) mass is 517 g/mol. The van der Waals surface area contributed by atoms with Gasteiger partial charge in [0.05, 0.1) is 0 Å². The molecule has 0 radical (unpaired) electrons. The molecule has 2 saturated heterocycles. The van der Waals surface area contributed by atoms with Crippen molar-refractivity contribution in [3.8, 4) is 0 Å². The number of benzene rings is 2. The zero-order chi connectivity index (χ0) is 25.5. The van der Waals surface area contributed by atoms with Crippen molar-refractivity contribution in [2.24, 2.45) is 7.05 Å². The van der Waals surface area contributed by atoms with Gasteiger partial charge < -0.3 is 19.7 Å². The first-order valence-corrected chi connectivity index (χ1v) is 13.4. The van der Waals surface area contributed by atoms with Gasteiger partial charge in [-0.05, 0) is 48.2 Å². The van der Waals surface area contributed by atoms with E-state index < -0.39 is 0 Å². The van der Waals surface area contributed by atoms with E-state index in [2.05, 4.69) is 16.5 Å². The van der Waals surface area contributed by atoms with Gasteiger partial charge in [-0.3, -0.25) is 9.59 Å². The summed E-state index contributed by atoms with van der Waals surface area (Å²) in [5, 5.41) is 7.08. The highest BCUT2D eigenvalue weighted by molar-refractivity contribution is 7.11. The number of aromatic nitrogens is 2.